The number of nitro groups is 1. The number of alkyl halides is 3. The zero-order chi connectivity index (χ0) is 14.8. The Morgan fingerprint density at radius 1 is 1.47 bits per heavy atom. The van der Waals surface area contributed by atoms with E-state index in [4.69, 9.17) is 6.42 Å². The minimum atomic E-state index is -4.69. The summed E-state index contributed by atoms with van der Waals surface area (Å²) in [6.07, 6.45) is 1.05. The van der Waals surface area contributed by atoms with Crippen molar-refractivity contribution in [3.05, 3.63) is 28.1 Å². The van der Waals surface area contributed by atoms with Crippen LogP contribution in [0.4, 0.5) is 24.5 Å². The Bertz CT molecular complexity index is 547. The van der Waals surface area contributed by atoms with E-state index in [0.29, 0.717) is 12.3 Å². The molecule has 1 rings (SSSR count). The van der Waals surface area contributed by atoms with Crippen LogP contribution in [0, 0.1) is 22.5 Å². The highest BCUT2D eigenvalue weighted by molar-refractivity contribution is 5.63. The molecule has 1 aromatic rings. The lowest BCUT2D eigenvalue weighted by atomic mass is 10.1. The molecule has 0 fully saturated rings. The number of terminal acetylenes is 1. The van der Waals surface area contributed by atoms with Crippen LogP contribution in [0.25, 0.3) is 0 Å². The summed E-state index contributed by atoms with van der Waals surface area (Å²) in [4.78, 5) is 12.9. The van der Waals surface area contributed by atoms with Gasteiger partial charge in [0.2, 0.25) is 0 Å². The summed E-state index contributed by atoms with van der Waals surface area (Å²) in [5.41, 5.74) is -3.16. The van der Waals surface area contributed by atoms with Gasteiger partial charge >= 0.3 is 11.9 Å². The van der Waals surface area contributed by atoms with Gasteiger partial charge in [-0.25, -0.2) is 4.98 Å². The number of halogens is 3. The van der Waals surface area contributed by atoms with Crippen LogP contribution in [-0.2, 0) is 6.18 Å². The van der Waals surface area contributed by atoms with Crippen LogP contribution in [-0.4, -0.2) is 15.4 Å². The predicted molar refractivity (Wildman–Crippen MR) is 62.4 cm³/mol. The molecule has 0 atom stereocenters. The molecule has 0 spiro atoms. The zero-order valence-corrected chi connectivity index (χ0v) is 10.1. The van der Waals surface area contributed by atoms with Crippen LogP contribution in [0.3, 0.4) is 0 Å². The molecule has 0 saturated carbocycles. The Hall–Kier alpha value is -2.30. The van der Waals surface area contributed by atoms with Crippen molar-refractivity contribution in [1.82, 2.24) is 4.98 Å². The maximum Gasteiger partial charge on any atom is 0.433 e. The number of pyridine rings is 1. The van der Waals surface area contributed by atoms with Gasteiger partial charge in [0, 0.05) is 0 Å². The smallest absolute Gasteiger partial charge is 0.364 e. The van der Waals surface area contributed by atoms with Gasteiger partial charge in [-0.05, 0) is 19.9 Å². The summed E-state index contributed by atoms with van der Waals surface area (Å²) in [5.74, 6) is 2.28. The van der Waals surface area contributed by atoms with E-state index >= 15 is 0 Å². The summed E-state index contributed by atoms with van der Waals surface area (Å²) in [7, 11) is 0. The summed E-state index contributed by atoms with van der Waals surface area (Å²) in [5, 5.41) is 13.3. The quantitative estimate of drug-likeness (QED) is 0.522. The fourth-order valence-corrected chi connectivity index (χ4v) is 1.22. The molecule has 0 amide bonds. The fraction of sp³-hybridized carbons (Fsp3) is 0.364. The lowest BCUT2D eigenvalue weighted by molar-refractivity contribution is -0.384. The van der Waals surface area contributed by atoms with Gasteiger partial charge in [-0.15, -0.1) is 6.42 Å². The highest BCUT2D eigenvalue weighted by Crippen LogP contribution is 2.33. The number of anilines is 1. The van der Waals surface area contributed by atoms with Crippen LogP contribution in [0.2, 0.25) is 0 Å². The van der Waals surface area contributed by atoms with Gasteiger partial charge in [-0.3, -0.25) is 10.1 Å². The molecule has 0 saturated heterocycles. The number of hydrogen-bond acceptors (Lipinski definition) is 4. The number of nitrogens with one attached hydrogen (secondary N) is 1. The summed E-state index contributed by atoms with van der Waals surface area (Å²) >= 11 is 0. The first-order chi connectivity index (χ1) is 8.57. The summed E-state index contributed by atoms with van der Waals surface area (Å²) < 4.78 is 37.5. The zero-order valence-electron chi connectivity index (χ0n) is 10.1. The monoisotopic (exact) mass is 273 g/mol. The van der Waals surface area contributed by atoms with Crippen molar-refractivity contribution in [2.45, 2.75) is 25.6 Å². The van der Waals surface area contributed by atoms with Crippen molar-refractivity contribution in [3.63, 3.8) is 0 Å². The van der Waals surface area contributed by atoms with Gasteiger partial charge < -0.3 is 5.32 Å². The molecular weight excluding hydrogens is 263 g/mol. The highest BCUT2D eigenvalue weighted by atomic mass is 19.4. The van der Waals surface area contributed by atoms with E-state index in [1.54, 1.807) is 0 Å². The van der Waals surface area contributed by atoms with E-state index in [1.165, 1.54) is 13.8 Å². The molecule has 5 nitrogen and oxygen atoms in total. The van der Waals surface area contributed by atoms with E-state index in [-0.39, 0.29) is 5.69 Å². The molecule has 0 aliphatic heterocycles. The van der Waals surface area contributed by atoms with Gasteiger partial charge in [0.05, 0.1) is 10.5 Å². The molecule has 1 aromatic heterocycles. The average Bonchev–Trinajstić information content (AvgIpc) is 2.27. The third kappa shape index (κ3) is 3.58. The first-order valence-corrected chi connectivity index (χ1v) is 5.04. The molecule has 102 valence electrons. The molecule has 1 N–H and O–H groups in total. The first-order valence-electron chi connectivity index (χ1n) is 5.04. The second-order valence-corrected chi connectivity index (χ2v) is 4.24. The van der Waals surface area contributed by atoms with Crippen molar-refractivity contribution >= 4 is 11.4 Å². The second kappa shape index (κ2) is 4.76. The van der Waals surface area contributed by atoms with E-state index in [9.17, 15) is 23.3 Å². The van der Waals surface area contributed by atoms with Gasteiger partial charge in [0.1, 0.15) is 17.6 Å². The number of rotatable bonds is 3. The predicted octanol–water partition coefficient (Wildman–Crippen LogP) is 2.83. The molecule has 1 heterocycles. The number of nitrogens with zero attached hydrogens (tertiary/aromatic N) is 2. The van der Waals surface area contributed by atoms with Crippen molar-refractivity contribution in [2.75, 3.05) is 5.32 Å². The molecule has 0 bridgehead atoms. The first kappa shape index (κ1) is 14.8. The molecular formula is C11H10F3N3O2. The topological polar surface area (TPSA) is 68.1 Å². The second-order valence-electron chi connectivity index (χ2n) is 4.24. The minimum Gasteiger partial charge on any atom is -0.364 e. The minimum absolute atomic E-state index is 0.324. The Kier molecular flexibility index (Phi) is 3.70. The number of hydrogen-bond donors (Lipinski definition) is 1. The van der Waals surface area contributed by atoms with E-state index in [2.05, 4.69) is 16.2 Å². The summed E-state index contributed by atoms with van der Waals surface area (Å²) in [6, 6.07) is 0.567. The normalized spacial score (nSPS) is 11.8. The van der Waals surface area contributed by atoms with Gasteiger partial charge in [-0.2, -0.15) is 13.2 Å². The molecule has 8 heteroatoms. The Morgan fingerprint density at radius 3 is 2.47 bits per heavy atom. The van der Waals surface area contributed by atoms with E-state index in [0.717, 1.165) is 0 Å². The Balaban J connectivity index is 3.33. The van der Waals surface area contributed by atoms with Crippen molar-refractivity contribution in [1.29, 1.82) is 0 Å². The Labute approximate surface area is 107 Å². The van der Waals surface area contributed by atoms with Gasteiger partial charge in [-0.1, -0.05) is 5.92 Å². The van der Waals surface area contributed by atoms with Crippen LogP contribution < -0.4 is 5.32 Å². The van der Waals surface area contributed by atoms with Gasteiger partial charge in [0.25, 0.3) is 0 Å². The molecule has 0 aliphatic carbocycles. The lowest BCUT2D eigenvalue weighted by Crippen LogP contribution is -2.29. The van der Waals surface area contributed by atoms with Crippen LogP contribution in [0.5, 0.6) is 0 Å². The van der Waals surface area contributed by atoms with E-state index in [1.807, 2.05) is 0 Å². The van der Waals surface area contributed by atoms with Crippen LogP contribution in [0.15, 0.2) is 12.3 Å². The molecule has 0 unspecified atom stereocenters. The standard InChI is InChI=1S/C11H10F3N3O2/c1-4-10(2,3)16-7-5-9(11(12,13)14)15-6-8(7)17(18)19/h1,5-6H,2-3H3,(H,15,16). The SMILES string of the molecule is C#CC(C)(C)Nc1cc(C(F)(F)F)ncc1[N+](=O)[O-]. The van der Waals surface area contributed by atoms with Crippen molar-refractivity contribution in [2.24, 2.45) is 0 Å². The van der Waals surface area contributed by atoms with Crippen LogP contribution >= 0.6 is 0 Å². The highest BCUT2D eigenvalue weighted by Gasteiger charge is 2.35. The summed E-state index contributed by atoms with van der Waals surface area (Å²) in [6.45, 7) is 3.01. The maximum atomic E-state index is 12.5. The van der Waals surface area contributed by atoms with Gasteiger partial charge in [0.15, 0.2) is 0 Å². The fourth-order valence-electron chi connectivity index (χ4n) is 1.22. The molecule has 0 radical (unpaired) electrons. The third-order valence-electron chi connectivity index (χ3n) is 2.18. The molecule has 0 aromatic carbocycles. The molecule has 19 heavy (non-hydrogen) atoms. The van der Waals surface area contributed by atoms with Crippen molar-refractivity contribution in [3.8, 4) is 12.3 Å². The third-order valence-corrected chi connectivity index (χ3v) is 2.18. The largest absolute Gasteiger partial charge is 0.433 e. The molecule has 0 aliphatic rings. The average molecular weight is 273 g/mol. The lowest BCUT2D eigenvalue weighted by Gasteiger charge is -2.21. The number of aromatic nitrogens is 1. The Morgan fingerprint density at radius 2 is 2.05 bits per heavy atom. The van der Waals surface area contributed by atoms with E-state index < -0.39 is 28.0 Å². The van der Waals surface area contributed by atoms with Crippen molar-refractivity contribution < 1.29 is 18.1 Å². The maximum absolute atomic E-state index is 12.5. The van der Waals surface area contributed by atoms with Crippen LogP contribution in [0.1, 0.15) is 19.5 Å².